The standard InChI is InChI=1S/C26H27N3O4/c1-29(15-7-10-19-8-3-2-4-9-19)17-25(30)28-22-12-6-5-11-21(22)26(31)27-20-13-14-23-24(16-20)33-18-32-23/h2-6,8-9,11-14,16H,7,10,15,17-18H2,1H3,(H,27,31)(H,28,30). The molecule has 3 aromatic carbocycles. The molecule has 0 spiro atoms. The first-order valence-corrected chi connectivity index (χ1v) is 10.9. The fourth-order valence-corrected chi connectivity index (χ4v) is 3.67. The molecule has 7 nitrogen and oxygen atoms in total. The lowest BCUT2D eigenvalue weighted by Crippen LogP contribution is -2.31. The van der Waals surface area contributed by atoms with Crippen molar-refractivity contribution in [1.82, 2.24) is 4.90 Å². The number of amides is 2. The number of fused-ring (bicyclic) bond motifs is 1. The fourth-order valence-electron chi connectivity index (χ4n) is 3.67. The van der Waals surface area contributed by atoms with Gasteiger partial charge >= 0.3 is 0 Å². The number of anilines is 2. The van der Waals surface area contributed by atoms with Gasteiger partial charge in [0.05, 0.1) is 17.8 Å². The Morgan fingerprint density at radius 2 is 1.67 bits per heavy atom. The number of likely N-dealkylation sites (N-methyl/N-ethyl adjacent to an activating group) is 1. The summed E-state index contributed by atoms with van der Waals surface area (Å²) in [5.41, 5.74) is 2.73. The average molecular weight is 446 g/mol. The molecule has 1 aliphatic heterocycles. The first-order valence-electron chi connectivity index (χ1n) is 10.9. The summed E-state index contributed by atoms with van der Waals surface area (Å²) in [5, 5.41) is 5.72. The van der Waals surface area contributed by atoms with Crippen molar-refractivity contribution in [2.75, 3.05) is 37.6 Å². The summed E-state index contributed by atoms with van der Waals surface area (Å²) in [6.45, 7) is 1.21. The number of hydrogen-bond acceptors (Lipinski definition) is 5. The predicted molar refractivity (Wildman–Crippen MR) is 128 cm³/mol. The Morgan fingerprint density at radius 1 is 0.909 bits per heavy atom. The van der Waals surface area contributed by atoms with Crippen LogP contribution in [0.1, 0.15) is 22.3 Å². The second-order valence-corrected chi connectivity index (χ2v) is 7.94. The minimum absolute atomic E-state index is 0.166. The molecule has 1 heterocycles. The Hall–Kier alpha value is -3.84. The first kappa shape index (κ1) is 22.4. The summed E-state index contributed by atoms with van der Waals surface area (Å²) in [5.74, 6) is 0.750. The lowest BCUT2D eigenvalue weighted by Gasteiger charge is -2.17. The van der Waals surface area contributed by atoms with Gasteiger partial charge in [-0.05, 0) is 56.3 Å². The number of aryl methyl sites for hydroxylation is 1. The van der Waals surface area contributed by atoms with E-state index < -0.39 is 0 Å². The van der Waals surface area contributed by atoms with Gasteiger partial charge in [-0.25, -0.2) is 0 Å². The molecule has 0 radical (unpaired) electrons. The number of ether oxygens (including phenoxy) is 2. The van der Waals surface area contributed by atoms with E-state index in [2.05, 4.69) is 22.8 Å². The van der Waals surface area contributed by atoms with Crippen molar-refractivity contribution in [2.45, 2.75) is 12.8 Å². The molecule has 2 amide bonds. The van der Waals surface area contributed by atoms with Crippen LogP contribution in [-0.2, 0) is 11.2 Å². The molecule has 0 saturated heterocycles. The summed E-state index contributed by atoms with van der Waals surface area (Å²) < 4.78 is 10.7. The maximum absolute atomic E-state index is 12.9. The van der Waals surface area contributed by atoms with Crippen molar-refractivity contribution in [3.8, 4) is 11.5 Å². The predicted octanol–water partition coefficient (Wildman–Crippen LogP) is 4.17. The minimum Gasteiger partial charge on any atom is -0.454 e. The average Bonchev–Trinajstić information content (AvgIpc) is 3.28. The molecule has 0 fully saturated rings. The van der Waals surface area contributed by atoms with E-state index in [1.54, 1.807) is 42.5 Å². The third-order valence-corrected chi connectivity index (χ3v) is 5.34. The van der Waals surface area contributed by atoms with Crippen molar-refractivity contribution in [1.29, 1.82) is 0 Å². The molecule has 33 heavy (non-hydrogen) atoms. The Labute approximate surface area is 193 Å². The molecule has 0 unspecified atom stereocenters. The number of carbonyl (C=O) groups is 2. The summed E-state index contributed by atoms with van der Waals surface area (Å²) >= 11 is 0. The van der Waals surface area contributed by atoms with E-state index >= 15 is 0 Å². The van der Waals surface area contributed by atoms with Crippen LogP contribution in [0.4, 0.5) is 11.4 Å². The Balaban J connectivity index is 1.31. The second kappa shape index (κ2) is 10.7. The number of rotatable bonds is 9. The third-order valence-electron chi connectivity index (χ3n) is 5.34. The molecular formula is C26H27N3O4. The molecule has 2 N–H and O–H groups in total. The van der Waals surface area contributed by atoms with Gasteiger partial charge in [0, 0.05) is 11.8 Å². The van der Waals surface area contributed by atoms with Crippen LogP contribution in [0.3, 0.4) is 0 Å². The zero-order valence-electron chi connectivity index (χ0n) is 18.5. The molecule has 0 atom stereocenters. The van der Waals surface area contributed by atoms with Gasteiger partial charge in [0.1, 0.15) is 0 Å². The summed E-state index contributed by atoms with van der Waals surface area (Å²) in [4.78, 5) is 27.5. The molecule has 0 saturated carbocycles. The fraction of sp³-hybridized carbons (Fsp3) is 0.231. The largest absolute Gasteiger partial charge is 0.454 e. The second-order valence-electron chi connectivity index (χ2n) is 7.94. The molecule has 4 rings (SSSR count). The smallest absolute Gasteiger partial charge is 0.257 e. The van der Waals surface area contributed by atoms with Crippen LogP contribution in [0, 0.1) is 0 Å². The van der Waals surface area contributed by atoms with E-state index in [0.717, 1.165) is 19.4 Å². The highest BCUT2D eigenvalue weighted by molar-refractivity contribution is 6.10. The van der Waals surface area contributed by atoms with E-state index in [0.29, 0.717) is 28.4 Å². The number of nitrogens with one attached hydrogen (secondary N) is 2. The summed E-state index contributed by atoms with van der Waals surface area (Å²) in [7, 11) is 1.92. The molecule has 0 bridgehead atoms. The van der Waals surface area contributed by atoms with E-state index in [9.17, 15) is 9.59 Å². The topological polar surface area (TPSA) is 79.9 Å². The maximum Gasteiger partial charge on any atom is 0.257 e. The third kappa shape index (κ3) is 6.11. The molecular weight excluding hydrogens is 418 g/mol. The van der Waals surface area contributed by atoms with Crippen LogP contribution in [0.2, 0.25) is 0 Å². The Morgan fingerprint density at radius 3 is 2.52 bits per heavy atom. The van der Waals surface area contributed by atoms with Crippen molar-refractivity contribution in [2.24, 2.45) is 0 Å². The van der Waals surface area contributed by atoms with Crippen molar-refractivity contribution in [3.63, 3.8) is 0 Å². The number of carbonyl (C=O) groups excluding carboxylic acids is 2. The van der Waals surface area contributed by atoms with E-state index in [1.165, 1.54) is 5.56 Å². The SMILES string of the molecule is CN(CCCc1ccccc1)CC(=O)Nc1ccccc1C(=O)Nc1ccc2c(c1)OCO2. The van der Waals surface area contributed by atoms with Crippen LogP contribution < -0.4 is 20.1 Å². The normalized spacial score (nSPS) is 11.9. The van der Waals surface area contributed by atoms with Gasteiger partial charge in [-0.15, -0.1) is 0 Å². The van der Waals surface area contributed by atoms with E-state index in [1.807, 2.05) is 30.1 Å². The molecule has 7 heteroatoms. The number of benzene rings is 3. The molecule has 0 aliphatic carbocycles. The minimum atomic E-state index is -0.319. The van der Waals surface area contributed by atoms with Crippen LogP contribution in [0.15, 0.2) is 72.8 Å². The lowest BCUT2D eigenvalue weighted by atomic mass is 10.1. The number of nitrogens with zero attached hydrogens (tertiary/aromatic N) is 1. The highest BCUT2D eigenvalue weighted by Gasteiger charge is 2.17. The van der Waals surface area contributed by atoms with Gasteiger partial charge < -0.3 is 20.1 Å². The van der Waals surface area contributed by atoms with Crippen LogP contribution >= 0.6 is 0 Å². The Bertz CT molecular complexity index is 1120. The van der Waals surface area contributed by atoms with Crippen LogP contribution in [0.5, 0.6) is 11.5 Å². The molecule has 1 aliphatic rings. The van der Waals surface area contributed by atoms with Gasteiger partial charge in [-0.2, -0.15) is 0 Å². The van der Waals surface area contributed by atoms with Crippen molar-refractivity contribution < 1.29 is 19.1 Å². The zero-order valence-corrected chi connectivity index (χ0v) is 18.5. The quantitative estimate of drug-likeness (QED) is 0.517. The highest BCUT2D eigenvalue weighted by atomic mass is 16.7. The van der Waals surface area contributed by atoms with Crippen LogP contribution in [0.25, 0.3) is 0 Å². The van der Waals surface area contributed by atoms with Crippen LogP contribution in [-0.4, -0.2) is 43.6 Å². The molecule has 0 aromatic heterocycles. The highest BCUT2D eigenvalue weighted by Crippen LogP contribution is 2.34. The molecule has 3 aromatic rings. The molecule has 170 valence electrons. The van der Waals surface area contributed by atoms with E-state index in [4.69, 9.17) is 9.47 Å². The monoisotopic (exact) mass is 445 g/mol. The summed E-state index contributed by atoms with van der Waals surface area (Å²) in [6.07, 6.45) is 1.93. The zero-order chi connectivity index (χ0) is 23.0. The van der Waals surface area contributed by atoms with Gasteiger partial charge in [-0.3, -0.25) is 14.5 Å². The number of para-hydroxylation sites is 1. The van der Waals surface area contributed by atoms with Crippen molar-refractivity contribution >= 4 is 23.2 Å². The van der Waals surface area contributed by atoms with Gasteiger partial charge in [-0.1, -0.05) is 42.5 Å². The lowest BCUT2D eigenvalue weighted by molar-refractivity contribution is -0.117. The van der Waals surface area contributed by atoms with Gasteiger partial charge in [0.15, 0.2) is 11.5 Å². The first-order chi connectivity index (χ1) is 16.1. The number of hydrogen-bond donors (Lipinski definition) is 2. The van der Waals surface area contributed by atoms with Gasteiger partial charge in [0.2, 0.25) is 12.7 Å². The van der Waals surface area contributed by atoms with Crippen molar-refractivity contribution in [3.05, 3.63) is 83.9 Å². The van der Waals surface area contributed by atoms with E-state index in [-0.39, 0.29) is 25.2 Å². The van der Waals surface area contributed by atoms with Gasteiger partial charge in [0.25, 0.3) is 5.91 Å². The maximum atomic E-state index is 12.9. The Kier molecular flexibility index (Phi) is 7.22. The summed E-state index contributed by atoms with van der Waals surface area (Å²) in [6, 6.07) is 22.5.